The quantitative estimate of drug-likeness (QED) is 0.609. The summed E-state index contributed by atoms with van der Waals surface area (Å²) in [6.07, 6.45) is 9.58. The fourth-order valence-corrected chi connectivity index (χ4v) is 1.35. The molecular weight excluding hydrogens is 206 g/mol. The molecule has 0 amide bonds. The average molecular weight is 213 g/mol. The van der Waals surface area contributed by atoms with E-state index < -0.39 is 0 Å². The van der Waals surface area contributed by atoms with Gasteiger partial charge in [-0.3, -0.25) is 4.98 Å². The predicted molar refractivity (Wildman–Crippen MR) is 54.1 cm³/mol. The van der Waals surface area contributed by atoms with Crippen LogP contribution in [0.3, 0.4) is 0 Å². The maximum Gasteiger partial charge on any atom is 0.138 e. The number of aromatic nitrogens is 7. The van der Waals surface area contributed by atoms with Gasteiger partial charge in [-0.1, -0.05) is 0 Å². The first-order chi connectivity index (χ1) is 7.93. The summed E-state index contributed by atoms with van der Waals surface area (Å²) in [5, 5.41) is 8.06. The van der Waals surface area contributed by atoms with Crippen LogP contribution in [0.25, 0.3) is 11.4 Å². The highest BCUT2D eigenvalue weighted by Gasteiger charge is 2.01. The molecule has 0 spiro atoms. The maximum absolute atomic E-state index is 4.12. The fraction of sp³-hybridized carbons (Fsp3) is 0. The Balaban J connectivity index is 2.07. The zero-order valence-corrected chi connectivity index (χ0v) is 8.17. The van der Waals surface area contributed by atoms with Gasteiger partial charge in [-0.25, -0.2) is 19.3 Å². The third-order valence-electron chi connectivity index (χ3n) is 2.08. The molecule has 0 atom stereocenters. The molecule has 0 fully saturated rings. The summed E-state index contributed by atoms with van der Waals surface area (Å²) in [7, 11) is 0. The van der Waals surface area contributed by atoms with Crippen molar-refractivity contribution in [2.45, 2.75) is 0 Å². The van der Waals surface area contributed by atoms with Crippen molar-refractivity contribution in [3.8, 4) is 11.4 Å². The largest absolute Gasteiger partial charge is 0.260 e. The minimum absolute atomic E-state index is 0.825. The Hall–Kier alpha value is -2.57. The molecule has 0 N–H and O–H groups in total. The summed E-state index contributed by atoms with van der Waals surface area (Å²) in [6, 6.07) is 1.90. The van der Waals surface area contributed by atoms with Crippen molar-refractivity contribution < 1.29 is 0 Å². The van der Waals surface area contributed by atoms with Crippen molar-refractivity contribution >= 4 is 0 Å². The lowest BCUT2D eigenvalue weighted by Crippen LogP contribution is -2.00. The molecule has 3 aromatic rings. The van der Waals surface area contributed by atoms with Crippen LogP contribution in [0.5, 0.6) is 0 Å². The van der Waals surface area contributed by atoms with Gasteiger partial charge in [0.05, 0.1) is 23.8 Å². The molecule has 0 saturated heterocycles. The van der Waals surface area contributed by atoms with Crippen molar-refractivity contribution in [1.29, 1.82) is 0 Å². The second-order valence-corrected chi connectivity index (χ2v) is 3.08. The zero-order valence-electron chi connectivity index (χ0n) is 8.17. The minimum atomic E-state index is 0.825. The highest BCUT2D eigenvalue weighted by Crippen LogP contribution is 2.09. The van der Waals surface area contributed by atoms with E-state index >= 15 is 0 Å². The first-order valence-electron chi connectivity index (χ1n) is 4.58. The van der Waals surface area contributed by atoms with Gasteiger partial charge < -0.3 is 0 Å². The molecule has 0 saturated carbocycles. The van der Waals surface area contributed by atoms with E-state index in [0.29, 0.717) is 0 Å². The Morgan fingerprint density at radius 2 is 1.31 bits per heavy atom. The SMILES string of the molecule is c1ncn(-c2cncc(-n3cncn3)c2)n1. The molecule has 3 heterocycles. The van der Waals surface area contributed by atoms with Crippen LogP contribution in [-0.4, -0.2) is 34.5 Å². The summed E-state index contributed by atoms with van der Waals surface area (Å²) in [4.78, 5) is 11.9. The van der Waals surface area contributed by atoms with E-state index in [2.05, 4.69) is 25.1 Å². The lowest BCUT2D eigenvalue weighted by molar-refractivity contribution is 0.844. The highest BCUT2D eigenvalue weighted by molar-refractivity contribution is 5.38. The lowest BCUT2D eigenvalue weighted by atomic mass is 10.4. The molecule has 0 aliphatic rings. The molecule has 78 valence electrons. The number of hydrogen-bond donors (Lipinski definition) is 0. The van der Waals surface area contributed by atoms with Crippen LogP contribution in [0.1, 0.15) is 0 Å². The topological polar surface area (TPSA) is 74.3 Å². The molecule has 0 aromatic carbocycles. The fourth-order valence-electron chi connectivity index (χ4n) is 1.35. The first kappa shape index (κ1) is 8.72. The van der Waals surface area contributed by atoms with Crippen LogP contribution >= 0.6 is 0 Å². The molecule has 3 rings (SSSR count). The summed E-state index contributed by atoms with van der Waals surface area (Å²) in [5.41, 5.74) is 1.65. The monoisotopic (exact) mass is 213 g/mol. The van der Waals surface area contributed by atoms with Crippen molar-refractivity contribution in [3.05, 3.63) is 43.8 Å². The molecule has 3 aromatic heterocycles. The number of nitrogens with zero attached hydrogens (tertiary/aromatic N) is 7. The van der Waals surface area contributed by atoms with Gasteiger partial charge in [-0.05, 0) is 6.07 Å². The van der Waals surface area contributed by atoms with E-state index in [4.69, 9.17) is 0 Å². The normalized spacial score (nSPS) is 10.5. The molecule has 0 aliphatic carbocycles. The Kier molecular flexibility index (Phi) is 1.93. The van der Waals surface area contributed by atoms with Crippen molar-refractivity contribution in [2.75, 3.05) is 0 Å². The molecule has 0 aliphatic heterocycles. The van der Waals surface area contributed by atoms with Gasteiger partial charge >= 0.3 is 0 Å². The van der Waals surface area contributed by atoms with E-state index in [1.807, 2.05) is 6.07 Å². The van der Waals surface area contributed by atoms with Crippen LogP contribution in [0.2, 0.25) is 0 Å². The van der Waals surface area contributed by atoms with Gasteiger partial charge in [-0.2, -0.15) is 10.2 Å². The second kappa shape index (κ2) is 3.54. The van der Waals surface area contributed by atoms with E-state index in [0.717, 1.165) is 11.4 Å². The van der Waals surface area contributed by atoms with Crippen LogP contribution in [0.15, 0.2) is 43.8 Å². The van der Waals surface area contributed by atoms with E-state index in [1.165, 1.54) is 12.7 Å². The van der Waals surface area contributed by atoms with Crippen molar-refractivity contribution in [1.82, 2.24) is 34.5 Å². The minimum Gasteiger partial charge on any atom is -0.260 e. The maximum atomic E-state index is 4.12. The highest BCUT2D eigenvalue weighted by atomic mass is 15.3. The van der Waals surface area contributed by atoms with Crippen LogP contribution in [0.4, 0.5) is 0 Å². The average Bonchev–Trinajstić information content (AvgIpc) is 3.03. The third-order valence-corrected chi connectivity index (χ3v) is 2.08. The summed E-state index contributed by atoms with van der Waals surface area (Å²) in [6.45, 7) is 0. The third kappa shape index (κ3) is 1.44. The molecule has 0 bridgehead atoms. The van der Waals surface area contributed by atoms with Gasteiger partial charge in [0.2, 0.25) is 0 Å². The van der Waals surface area contributed by atoms with Gasteiger partial charge in [0.1, 0.15) is 25.3 Å². The Morgan fingerprint density at radius 1 is 0.750 bits per heavy atom. The lowest BCUT2D eigenvalue weighted by Gasteiger charge is -2.03. The van der Waals surface area contributed by atoms with Gasteiger partial charge in [0.15, 0.2) is 0 Å². The first-order valence-corrected chi connectivity index (χ1v) is 4.58. The van der Waals surface area contributed by atoms with E-state index in [1.54, 1.807) is 34.4 Å². The van der Waals surface area contributed by atoms with Gasteiger partial charge in [0, 0.05) is 0 Å². The number of rotatable bonds is 2. The van der Waals surface area contributed by atoms with Crippen LogP contribution in [-0.2, 0) is 0 Å². The van der Waals surface area contributed by atoms with E-state index in [9.17, 15) is 0 Å². The molecule has 7 heteroatoms. The van der Waals surface area contributed by atoms with Crippen molar-refractivity contribution in [2.24, 2.45) is 0 Å². The number of hydrogen-bond acceptors (Lipinski definition) is 5. The molecule has 7 nitrogen and oxygen atoms in total. The Morgan fingerprint density at radius 3 is 1.75 bits per heavy atom. The van der Waals surface area contributed by atoms with Gasteiger partial charge in [0.25, 0.3) is 0 Å². The van der Waals surface area contributed by atoms with E-state index in [-0.39, 0.29) is 0 Å². The number of pyridine rings is 1. The summed E-state index contributed by atoms with van der Waals surface area (Å²) in [5.74, 6) is 0. The van der Waals surface area contributed by atoms with Gasteiger partial charge in [-0.15, -0.1) is 0 Å². The summed E-state index contributed by atoms with van der Waals surface area (Å²) >= 11 is 0. The smallest absolute Gasteiger partial charge is 0.138 e. The van der Waals surface area contributed by atoms with Crippen LogP contribution < -0.4 is 0 Å². The molecule has 0 unspecified atom stereocenters. The molecular formula is C9H7N7. The predicted octanol–water partition coefficient (Wildman–Crippen LogP) is 0.243. The molecule has 0 radical (unpaired) electrons. The zero-order chi connectivity index (χ0) is 10.8. The molecule has 16 heavy (non-hydrogen) atoms. The standard InChI is InChI=1S/C9H7N7/c1-8(15-6-11-4-13-15)2-10-3-9(1)16-7-12-5-14-16/h1-7H. The Labute approximate surface area is 90.4 Å². The van der Waals surface area contributed by atoms with Crippen LogP contribution in [0, 0.1) is 0 Å². The second-order valence-electron chi connectivity index (χ2n) is 3.08. The Bertz CT molecular complexity index is 520. The summed E-state index contributed by atoms with van der Waals surface area (Å²) < 4.78 is 3.26. The van der Waals surface area contributed by atoms with Crippen molar-refractivity contribution in [3.63, 3.8) is 0 Å².